The van der Waals surface area contributed by atoms with Crippen molar-refractivity contribution in [3.63, 3.8) is 0 Å². The van der Waals surface area contributed by atoms with Crippen LogP contribution in [0.25, 0.3) is 17.0 Å². The Morgan fingerprint density at radius 3 is 2.57 bits per heavy atom. The Morgan fingerprint density at radius 1 is 1.10 bits per heavy atom. The summed E-state index contributed by atoms with van der Waals surface area (Å²) in [6, 6.07) is 15.7. The molecule has 0 unspecified atom stereocenters. The minimum atomic E-state index is -0.329. The molecule has 1 N–H and O–H groups in total. The summed E-state index contributed by atoms with van der Waals surface area (Å²) in [5, 5.41) is 7.23. The smallest absolute Gasteiger partial charge is 0.226 e. The monoisotopic (exact) mass is 404 g/mol. The predicted octanol–water partition coefficient (Wildman–Crippen LogP) is 4.85. The number of benzene rings is 2. The van der Waals surface area contributed by atoms with Crippen LogP contribution in [0.1, 0.15) is 23.6 Å². The van der Waals surface area contributed by atoms with Gasteiger partial charge < -0.3 is 9.73 Å². The first-order valence-electron chi connectivity index (χ1n) is 9.62. The lowest BCUT2D eigenvalue weighted by atomic mass is 10.1. The third-order valence-electron chi connectivity index (χ3n) is 4.63. The number of hydrogen-bond acceptors (Lipinski definition) is 4. The van der Waals surface area contributed by atoms with E-state index in [4.69, 9.17) is 4.42 Å². The van der Waals surface area contributed by atoms with Crippen LogP contribution in [0.4, 0.5) is 10.2 Å². The maximum absolute atomic E-state index is 13.2. The van der Waals surface area contributed by atoms with Gasteiger partial charge in [-0.3, -0.25) is 4.79 Å². The molecule has 0 radical (unpaired) electrons. The molecule has 0 atom stereocenters. The van der Waals surface area contributed by atoms with Gasteiger partial charge in [0.15, 0.2) is 11.7 Å². The van der Waals surface area contributed by atoms with Gasteiger partial charge in [0.2, 0.25) is 5.91 Å². The quantitative estimate of drug-likeness (QED) is 0.498. The lowest BCUT2D eigenvalue weighted by Gasteiger charge is -2.08. The van der Waals surface area contributed by atoms with E-state index in [1.54, 1.807) is 29.1 Å². The zero-order valence-electron chi connectivity index (χ0n) is 16.7. The number of carbonyl (C=O) groups is 1. The van der Waals surface area contributed by atoms with Crippen LogP contribution in [0.5, 0.6) is 0 Å². The number of nitrogens with one attached hydrogen (secondary N) is 1. The van der Waals surface area contributed by atoms with Gasteiger partial charge in [0.25, 0.3) is 0 Å². The van der Waals surface area contributed by atoms with E-state index in [0.717, 1.165) is 11.3 Å². The number of carbonyl (C=O) groups excluding carboxylic acids is 1. The van der Waals surface area contributed by atoms with Gasteiger partial charge in [-0.05, 0) is 38.1 Å². The van der Waals surface area contributed by atoms with Gasteiger partial charge in [-0.1, -0.05) is 29.8 Å². The van der Waals surface area contributed by atoms with E-state index < -0.39 is 0 Å². The van der Waals surface area contributed by atoms with Gasteiger partial charge >= 0.3 is 0 Å². The molecule has 0 aliphatic rings. The Balaban J connectivity index is 1.40. The van der Waals surface area contributed by atoms with Crippen molar-refractivity contribution >= 4 is 11.7 Å². The summed E-state index contributed by atoms with van der Waals surface area (Å²) in [5.74, 6) is 1.19. The molecular weight excluding hydrogens is 383 g/mol. The molecule has 0 fully saturated rings. The number of anilines is 1. The zero-order chi connectivity index (χ0) is 21.1. The number of aryl methyl sites for hydroxylation is 3. The number of nitrogens with zero attached hydrogens (tertiary/aromatic N) is 3. The van der Waals surface area contributed by atoms with Gasteiger partial charge in [0.1, 0.15) is 11.6 Å². The number of rotatable bonds is 6. The molecule has 0 aliphatic carbocycles. The second-order valence-corrected chi connectivity index (χ2v) is 7.09. The maximum Gasteiger partial charge on any atom is 0.226 e. The summed E-state index contributed by atoms with van der Waals surface area (Å²) in [6.45, 7) is 3.85. The fourth-order valence-corrected chi connectivity index (χ4v) is 3.07. The normalized spacial score (nSPS) is 10.9. The molecule has 4 rings (SSSR count). The highest BCUT2D eigenvalue weighted by Gasteiger charge is 2.13. The van der Waals surface area contributed by atoms with Crippen LogP contribution < -0.4 is 5.32 Å². The van der Waals surface area contributed by atoms with Crippen LogP contribution in [0, 0.1) is 19.7 Å². The summed E-state index contributed by atoms with van der Waals surface area (Å²) in [6.07, 6.45) is 2.26. The highest BCUT2D eigenvalue weighted by Crippen LogP contribution is 2.22. The lowest BCUT2D eigenvalue weighted by Crippen LogP contribution is -2.15. The molecule has 0 bridgehead atoms. The van der Waals surface area contributed by atoms with Crippen LogP contribution in [-0.4, -0.2) is 20.7 Å². The molecule has 2 aromatic carbocycles. The van der Waals surface area contributed by atoms with Crippen LogP contribution in [0.2, 0.25) is 0 Å². The molecule has 4 aromatic rings. The lowest BCUT2D eigenvalue weighted by molar-refractivity contribution is -0.116. The van der Waals surface area contributed by atoms with Gasteiger partial charge in [-0.25, -0.2) is 14.1 Å². The second kappa shape index (κ2) is 8.32. The second-order valence-electron chi connectivity index (χ2n) is 7.09. The van der Waals surface area contributed by atoms with Crippen molar-refractivity contribution in [3.05, 3.63) is 83.8 Å². The highest BCUT2D eigenvalue weighted by molar-refractivity contribution is 5.90. The molecule has 152 valence electrons. The van der Waals surface area contributed by atoms with Crippen molar-refractivity contribution in [2.75, 3.05) is 5.32 Å². The van der Waals surface area contributed by atoms with Gasteiger partial charge in [0, 0.05) is 24.5 Å². The Kier molecular flexibility index (Phi) is 5.43. The van der Waals surface area contributed by atoms with Crippen molar-refractivity contribution in [1.29, 1.82) is 0 Å². The van der Waals surface area contributed by atoms with Crippen LogP contribution in [0.15, 0.2) is 65.2 Å². The topological polar surface area (TPSA) is 73.0 Å². The Morgan fingerprint density at radius 2 is 1.83 bits per heavy atom. The van der Waals surface area contributed by atoms with E-state index in [1.165, 1.54) is 17.7 Å². The summed E-state index contributed by atoms with van der Waals surface area (Å²) >= 11 is 0. The minimum absolute atomic E-state index is 0.187. The molecular formula is C23H21FN4O2. The van der Waals surface area contributed by atoms with Crippen LogP contribution in [0.3, 0.4) is 0 Å². The fraction of sp³-hybridized carbons (Fsp3) is 0.174. The van der Waals surface area contributed by atoms with Crippen LogP contribution >= 0.6 is 0 Å². The van der Waals surface area contributed by atoms with E-state index in [-0.39, 0.29) is 18.1 Å². The van der Waals surface area contributed by atoms with Gasteiger partial charge in [-0.2, -0.15) is 5.10 Å². The first-order valence-corrected chi connectivity index (χ1v) is 9.62. The average Bonchev–Trinajstić information content (AvgIpc) is 3.34. The number of halogens is 1. The molecule has 6 nitrogen and oxygen atoms in total. The third-order valence-corrected chi connectivity index (χ3v) is 4.63. The molecule has 2 aromatic heterocycles. The molecule has 0 saturated carbocycles. The van der Waals surface area contributed by atoms with E-state index >= 15 is 0 Å². The van der Waals surface area contributed by atoms with E-state index in [0.29, 0.717) is 29.6 Å². The first kappa shape index (κ1) is 19.6. The number of hydrogen-bond donors (Lipinski definition) is 1. The minimum Gasteiger partial charge on any atom is -0.441 e. The highest BCUT2D eigenvalue weighted by atomic mass is 19.1. The average molecular weight is 404 g/mol. The molecule has 2 heterocycles. The van der Waals surface area contributed by atoms with E-state index in [2.05, 4.69) is 15.4 Å². The Labute approximate surface area is 173 Å². The molecule has 0 spiro atoms. The molecule has 30 heavy (non-hydrogen) atoms. The number of oxazole rings is 1. The van der Waals surface area contributed by atoms with Crippen molar-refractivity contribution in [2.24, 2.45) is 0 Å². The van der Waals surface area contributed by atoms with Gasteiger partial charge in [-0.15, -0.1) is 0 Å². The van der Waals surface area contributed by atoms with E-state index in [9.17, 15) is 9.18 Å². The first-order chi connectivity index (χ1) is 14.5. The van der Waals surface area contributed by atoms with Crippen LogP contribution in [-0.2, 0) is 11.2 Å². The summed E-state index contributed by atoms with van der Waals surface area (Å²) in [4.78, 5) is 16.7. The van der Waals surface area contributed by atoms with Crippen molar-refractivity contribution in [3.8, 4) is 17.0 Å². The summed E-state index contributed by atoms with van der Waals surface area (Å²) in [7, 11) is 0. The van der Waals surface area contributed by atoms with Crippen molar-refractivity contribution in [1.82, 2.24) is 14.8 Å². The molecule has 0 aliphatic heterocycles. The standard InChI is InChI=1S/C23H21FN4O2/c1-15-3-5-17(6-4-15)20-14-25-23(30-20)12-11-22(29)26-21-13-16(2)27-28(21)19-9-7-18(24)8-10-19/h3-10,13-14H,11-12H2,1-2H3,(H,26,29). The van der Waals surface area contributed by atoms with Crippen molar-refractivity contribution < 1.29 is 13.6 Å². The molecule has 1 amide bonds. The van der Waals surface area contributed by atoms with Gasteiger partial charge in [0.05, 0.1) is 17.6 Å². The Hall–Kier alpha value is -3.74. The van der Waals surface area contributed by atoms with E-state index in [1.807, 2.05) is 38.1 Å². The number of amides is 1. The fourth-order valence-electron chi connectivity index (χ4n) is 3.07. The molecule has 0 saturated heterocycles. The predicted molar refractivity (Wildman–Crippen MR) is 112 cm³/mol. The summed E-state index contributed by atoms with van der Waals surface area (Å²) in [5.41, 5.74) is 3.52. The van der Waals surface area contributed by atoms with Crippen molar-refractivity contribution in [2.45, 2.75) is 26.7 Å². The zero-order valence-corrected chi connectivity index (χ0v) is 16.7. The maximum atomic E-state index is 13.2. The SMILES string of the molecule is Cc1ccc(-c2cnc(CCC(=O)Nc3cc(C)nn3-c3ccc(F)cc3)o2)cc1. The number of aromatic nitrogens is 3. The largest absolute Gasteiger partial charge is 0.441 e. The third kappa shape index (κ3) is 4.46. The summed E-state index contributed by atoms with van der Waals surface area (Å²) < 4.78 is 20.5. The molecule has 7 heteroatoms. The Bertz CT molecular complexity index is 1160.